The first-order chi connectivity index (χ1) is 21.2. The first-order valence-electron chi connectivity index (χ1n) is 12.9. The number of quaternary nitrogens is 1. The minimum absolute atomic E-state index is 0.329. The van der Waals surface area contributed by atoms with E-state index in [0.717, 1.165) is 6.54 Å². The Kier molecular flexibility index (Phi) is 10.8. The van der Waals surface area contributed by atoms with Crippen LogP contribution in [0.5, 0.6) is 0 Å². The Morgan fingerprint density at radius 3 is 0.891 bits per heavy atom. The topological polar surface area (TPSA) is 16.6 Å². The number of halogens is 15. The van der Waals surface area contributed by atoms with Crippen LogP contribution in [0.2, 0.25) is 0 Å². The Balaban J connectivity index is 0.000000402. The van der Waals surface area contributed by atoms with Gasteiger partial charge in [0.1, 0.15) is 41.4 Å². The number of benzene rings is 4. The average molecular weight is 677 g/mol. The van der Waals surface area contributed by atoms with Gasteiger partial charge in [-0.2, -0.15) is 0 Å². The predicted molar refractivity (Wildman–Crippen MR) is 137 cm³/mol. The molecule has 0 aliphatic rings. The molecule has 0 atom stereocenters. The molecule has 0 fully saturated rings. The van der Waals surface area contributed by atoms with E-state index in [1.807, 2.05) is 0 Å². The van der Waals surface area contributed by atoms with Gasteiger partial charge in [0.15, 0.2) is 52.4 Å². The van der Waals surface area contributed by atoms with Gasteiger partial charge in [0.05, 0.1) is 12.3 Å². The fourth-order valence-corrected chi connectivity index (χ4v) is 4.45. The standard InChI is InChI=1S/C18HBF15.C11H17N/c20-4-1(5(21)11(27)16(32)10(4)26)19(2-6(22)12(28)17(33)13(29)7(2)23)3-8(24)14(30)18(34)15(31)9(3)25;1-11(2,3)12-9-10-7-5-4-6-8-10/h19H;4-8,12H,9H2,1-3H3/q-1;/p+1. The van der Waals surface area contributed by atoms with Crippen LogP contribution in [0.4, 0.5) is 65.9 Å². The Morgan fingerprint density at radius 1 is 0.413 bits per heavy atom. The molecule has 1 nitrogen and oxygen atoms in total. The van der Waals surface area contributed by atoms with Gasteiger partial charge in [-0.3, -0.25) is 0 Å². The maximum Gasteiger partial charge on any atom is 0.200 e. The lowest BCUT2D eigenvalue weighted by Gasteiger charge is -2.30. The van der Waals surface area contributed by atoms with E-state index in [-0.39, 0.29) is 0 Å². The van der Waals surface area contributed by atoms with Crippen LogP contribution in [0, 0.1) is 87.3 Å². The molecule has 0 heterocycles. The van der Waals surface area contributed by atoms with Gasteiger partial charge in [-0.15, -0.1) is 16.4 Å². The maximum absolute atomic E-state index is 14.4. The molecule has 2 N–H and O–H groups in total. The van der Waals surface area contributed by atoms with E-state index in [9.17, 15) is 65.9 Å². The molecule has 0 amide bonds. The summed E-state index contributed by atoms with van der Waals surface area (Å²) in [5.74, 6) is -44.8. The van der Waals surface area contributed by atoms with Crippen molar-refractivity contribution >= 4 is 23.1 Å². The fraction of sp³-hybridized carbons (Fsp3) is 0.172. The molecule has 0 saturated heterocycles. The molecule has 0 saturated carbocycles. The van der Waals surface area contributed by atoms with Crippen molar-refractivity contribution in [3.63, 3.8) is 0 Å². The zero-order valence-electron chi connectivity index (χ0n) is 23.5. The minimum Gasteiger partial charge on any atom is -0.338 e. The van der Waals surface area contributed by atoms with Gasteiger partial charge >= 0.3 is 0 Å². The van der Waals surface area contributed by atoms with E-state index >= 15 is 0 Å². The molecule has 0 radical (unpaired) electrons. The largest absolute Gasteiger partial charge is 0.338 e. The van der Waals surface area contributed by atoms with Crippen molar-refractivity contribution in [2.24, 2.45) is 0 Å². The van der Waals surface area contributed by atoms with Crippen LogP contribution >= 0.6 is 0 Å². The molecule has 0 spiro atoms. The summed E-state index contributed by atoms with van der Waals surface area (Å²) in [7, 11) is 0. The summed E-state index contributed by atoms with van der Waals surface area (Å²) in [4.78, 5) is 0. The number of hydrogen-bond donors (Lipinski definition) is 1. The van der Waals surface area contributed by atoms with Gasteiger partial charge in [0, 0.05) is 5.56 Å². The van der Waals surface area contributed by atoms with E-state index in [0.29, 0.717) is 5.54 Å². The Morgan fingerprint density at radius 2 is 0.652 bits per heavy atom. The van der Waals surface area contributed by atoms with Crippen LogP contribution in [-0.2, 0) is 6.54 Å². The highest BCUT2D eigenvalue weighted by atomic mass is 19.2. The van der Waals surface area contributed by atoms with Crippen LogP contribution < -0.4 is 21.7 Å². The van der Waals surface area contributed by atoms with E-state index < -0.39 is 110 Å². The molecule has 248 valence electrons. The van der Waals surface area contributed by atoms with Crippen molar-refractivity contribution in [3.05, 3.63) is 123 Å². The second-order valence-electron chi connectivity index (χ2n) is 10.9. The first-order valence-corrected chi connectivity index (χ1v) is 12.9. The number of hydrogen-bond acceptors (Lipinski definition) is 0. The molecule has 0 bridgehead atoms. The molecule has 0 aliphatic carbocycles. The zero-order chi connectivity index (χ0) is 35.0. The predicted octanol–water partition coefficient (Wildman–Crippen LogP) is 5.57. The molecule has 0 aliphatic heterocycles. The first kappa shape index (κ1) is 36.3. The van der Waals surface area contributed by atoms with Crippen LogP contribution in [-0.4, -0.2) is 12.3 Å². The third kappa shape index (κ3) is 6.83. The lowest BCUT2D eigenvalue weighted by molar-refractivity contribution is -0.731. The smallest absolute Gasteiger partial charge is 0.200 e. The van der Waals surface area contributed by atoms with Gasteiger partial charge in [-0.1, -0.05) is 30.3 Å². The van der Waals surface area contributed by atoms with Crippen molar-refractivity contribution in [2.75, 3.05) is 0 Å². The highest BCUT2D eigenvalue weighted by Crippen LogP contribution is 2.23. The molecule has 0 unspecified atom stereocenters. The summed E-state index contributed by atoms with van der Waals surface area (Å²) in [6.45, 7) is 2.61. The molecular formula is C29H19BF15N. The summed E-state index contributed by atoms with van der Waals surface area (Å²) >= 11 is 0. The minimum atomic E-state index is -5.16. The molecule has 46 heavy (non-hydrogen) atoms. The average Bonchev–Trinajstić information content (AvgIpc) is 3.02. The van der Waals surface area contributed by atoms with Crippen molar-refractivity contribution in [2.45, 2.75) is 32.9 Å². The summed E-state index contributed by atoms with van der Waals surface area (Å²) in [5, 5.41) is 2.35. The Labute approximate surface area is 250 Å². The highest BCUT2D eigenvalue weighted by Gasteiger charge is 2.37. The number of nitrogens with two attached hydrogens (primary N) is 1. The monoisotopic (exact) mass is 677 g/mol. The summed E-state index contributed by atoms with van der Waals surface area (Å²) in [6.07, 6.45) is 0. The molecule has 4 aromatic rings. The van der Waals surface area contributed by atoms with E-state index in [4.69, 9.17) is 0 Å². The van der Waals surface area contributed by atoms with Gasteiger partial charge in [0.25, 0.3) is 0 Å². The van der Waals surface area contributed by atoms with Gasteiger partial charge in [0.2, 0.25) is 0 Å². The van der Waals surface area contributed by atoms with Crippen LogP contribution in [0.1, 0.15) is 26.3 Å². The summed E-state index contributed by atoms with van der Waals surface area (Å²) in [6, 6.07) is 10.6. The molecule has 17 heteroatoms. The lowest BCUT2D eigenvalue weighted by atomic mass is 9.36. The summed E-state index contributed by atoms with van der Waals surface area (Å²) in [5.41, 5.74) is -6.06. The van der Waals surface area contributed by atoms with Crippen LogP contribution in [0.25, 0.3) is 0 Å². The second kappa shape index (κ2) is 13.7. The number of rotatable bonds is 5. The van der Waals surface area contributed by atoms with Crippen molar-refractivity contribution < 1.29 is 71.2 Å². The van der Waals surface area contributed by atoms with Crippen molar-refractivity contribution in [1.29, 1.82) is 0 Å². The SMILES string of the molecule is CC(C)(C)[NH2+]Cc1ccccc1.Fc1c(F)c(F)c([BH-](c2c(F)c(F)c(F)c(F)c2F)c2c(F)c(F)c(F)c(F)c2F)c(F)c1F. The van der Waals surface area contributed by atoms with Crippen LogP contribution in [0.3, 0.4) is 0 Å². The van der Waals surface area contributed by atoms with Crippen molar-refractivity contribution in [1.82, 2.24) is 0 Å². The normalized spacial score (nSPS) is 11.6. The van der Waals surface area contributed by atoms with Gasteiger partial charge in [-0.05, 0) is 20.8 Å². The van der Waals surface area contributed by atoms with Crippen molar-refractivity contribution in [3.8, 4) is 0 Å². The highest BCUT2D eigenvalue weighted by molar-refractivity contribution is 6.95. The van der Waals surface area contributed by atoms with Gasteiger partial charge < -0.3 is 5.32 Å². The van der Waals surface area contributed by atoms with E-state index in [1.54, 1.807) is 0 Å². The molecule has 4 aromatic carbocycles. The quantitative estimate of drug-likeness (QED) is 0.123. The zero-order valence-corrected chi connectivity index (χ0v) is 23.5. The van der Waals surface area contributed by atoms with Crippen LogP contribution in [0.15, 0.2) is 30.3 Å². The molecule has 4 rings (SSSR count). The maximum atomic E-state index is 14.4. The lowest BCUT2D eigenvalue weighted by Crippen LogP contribution is -2.92. The fourth-order valence-electron chi connectivity index (χ4n) is 4.45. The second-order valence-corrected chi connectivity index (χ2v) is 10.9. The van der Waals surface area contributed by atoms with E-state index in [1.165, 1.54) is 5.56 Å². The van der Waals surface area contributed by atoms with Gasteiger partial charge in [-0.25, -0.2) is 65.9 Å². The third-order valence-electron chi connectivity index (χ3n) is 6.76. The summed E-state index contributed by atoms with van der Waals surface area (Å²) < 4.78 is 209. The Hall–Kier alpha value is -4.15. The third-order valence-corrected chi connectivity index (χ3v) is 6.76. The molecule has 0 aromatic heterocycles. The molecular weight excluding hydrogens is 658 g/mol. The van der Waals surface area contributed by atoms with E-state index in [2.05, 4.69) is 56.4 Å². The Bertz CT molecular complexity index is 1540.